The maximum Gasteiger partial charge on any atom is 0.122 e. The molecule has 5 heteroatoms. The zero-order valence-electron chi connectivity index (χ0n) is 12.2. The Bertz CT molecular complexity index is 381. The normalized spacial score (nSPS) is 23.4. The molecular weight excluding hydrogens is 258 g/mol. The van der Waals surface area contributed by atoms with Crippen LogP contribution in [0.25, 0.3) is 0 Å². The second-order valence-electron chi connectivity index (χ2n) is 5.81. The summed E-state index contributed by atoms with van der Waals surface area (Å²) in [6.45, 7) is 9.56. The first-order chi connectivity index (χ1) is 9.15. The summed E-state index contributed by atoms with van der Waals surface area (Å²) < 4.78 is 5.59. The zero-order valence-corrected chi connectivity index (χ0v) is 13.0. The molecule has 0 bridgehead atoms. The Morgan fingerprint density at radius 2 is 2.26 bits per heavy atom. The van der Waals surface area contributed by atoms with E-state index in [0.717, 1.165) is 49.9 Å². The maximum atomic E-state index is 5.59. The molecule has 2 heterocycles. The highest BCUT2D eigenvalue weighted by Gasteiger charge is 2.26. The van der Waals surface area contributed by atoms with Crippen LogP contribution in [0.5, 0.6) is 0 Å². The Morgan fingerprint density at radius 1 is 1.42 bits per heavy atom. The Hall–Kier alpha value is -0.520. The van der Waals surface area contributed by atoms with Gasteiger partial charge in [-0.3, -0.25) is 0 Å². The van der Waals surface area contributed by atoms with E-state index in [1.807, 2.05) is 0 Å². The third-order valence-corrected chi connectivity index (χ3v) is 4.47. The number of nitrogens with zero attached hydrogens (tertiary/aromatic N) is 2. The van der Waals surface area contributed by atoms with Crippen LogP contribution < -0.4 is 5.32 Å². The van der Waals surface area contributed by atoms with Gasteiger partial charge in [-0.2, -0.15) is 0 Å². The summed E-state index contributed by atoms with van der Waals surface area (Å²) in [6.07, 6.45) is 3.63. The summed E-state index contributed by atoms with van der Waals surface area (Å²) in [5, 5.41) is 14.4. The molecule has 0 aliphatic carbocycles. The lowest BCUT2D eigenvalue weighted by molar-refractivity contribution is 0.123. The van der Waals surface area contributed by atoms with E-state index >= 15 is 0 Å². The third-order valence-electron chi connectivity index (χ3n) is 3.33. The molecule has 1 aromatic rings. The number of aromatic nitrogens is 2. The monoisotopic (exact) mass is 283 g/mol. The molecule has 1 N–H and O–H groups in total. The topological polar surface area (TPSA) is 47.0 Å². The molecule has 19 heavy (non-hydrogen) atoms. The van der Waals surface area contributed by atoms with Crippen LogP contribution in [-0.2, 0) is 11.2 Å². The number of hydrogen-bond donors (Lipinski definition) is 1. The van der Waals surface area contributed by atoms with Crippen molar-refractivity contribution in [3.8, 4) is 0 Å². The van der Waals surface area contributed by atoms with Crippen molar-refractivity contribution in [2.24, 2.45) is 5.92 Å². The molecule has 0 amide bonds. The first-order valence-corrected chi connectivity index (χ1v) is 8.11. The van der Waals surface area contributed by atoms with Gasteiger partial charge in [0.2, 0.25) is 0 Å². The number of nitrogens with one attached hydrogen (secondary N) is 1. The molecule has 1 aliphatic rings. The fourth-order valence-electron chi connectivity index (χ4n) is 2.28. The molecule has 1 aliphatic heterocycles. The van der Waals surface area contributed by atoms with E-state index in [1.54, 1.807) is 11.3 Å². The molecular formula is C14H25N3OS. The minimum atomic E-state index is 0.373. The van der Waals surface area contributed by atoms with Gasteiger partial charge < -0.3 is 10.1 Å². The largest absolute Gasteiger partial charge is 0.378 e. The highest BCUT2D eigenvalue weighted by molar-refractivity contribution is 7.11. The molecule has 1 saturated heterocycles. The molecule has 2 atom stereocenters. The highest BCUT2D eigenvalue weighted by atomic mass is 32.1. The lowest BCUT2D eigenvalue weighted by atomic mass is 10.1. The van der Waals surface area contributed by atoms with Gasteiger partial charge in [-0.05, 0) is 38.8 Å². The predicted octanol–water partition coefficient (Wildman–Crippen LogP) is 2.61. The Labute approximate surface area is 120 Å². The van der Waals surface area contributed by atoms with Crippen molar-refractivity contribution in [1.29, 1.82) is 0 Å². The zero-order chi connectivity index (χ0) is 13.7. The SMILES string of the molecule is CC(C)CNCCCc1nnc(C2COC(C)C2)s1. The van der Waals surface area contributed by atoms with Crippen molar-refractivity contribution in [2.75, 3.05) is 19.7 Å². The molecule has 1 aromatic heterocycles. The van der Waals surface area contributed by atoms with Gasteiger partial charge in [0.1, 0.15) is 10.0 Å². The van der Waals surface area contributed by atoms with E-state index in [1.165, 1.54) is 5.01 Å². The first kappa shape index (κ1) is 14.9. The fraction of sp³-hybridized carbons (Fsp3) is 0.857. The van der Waals surface area contributed by atoms with Gasteiger partial charge >= 0.3 is 0 Å². The maximum absolute atomic E-state index is 5.59. The van der Waals surface area contributed by atoms with E-state index < -0.39 is 0 Å². The van der Waals surface area contributed by atoms with Crippen LogP contribution in [0.15, 0.2) is 0 Å². The van der Waals surface area contributed by atoms with E-state index in [2.05, 4.69) is 36.3 Å². The Morgan fingerprint density at radius 3 is 2.95 bits per heavy atom. The van der Waals surface area contributed by atoms with E-state index in [4.69, 9.17) is 4.74 Å². The van der Waals surface area contributed by atoms with Gasteiger partial charge in [-0.25, -0.2) is 0 Å². The Balaban J connectivity index is 1.69. The van der Waals surface area contributed by atoms with Gasteiger partial charge in [-0.15, -0.1) is 21.5 Å². The molecule has 1 fully saturated rings. The third kappa shape index (κ3) is 4.82. The van der Waals surface area contributed by atoms with Gasteiger partial charge in [-0.1, -0.05) is 13.8 Å². The van der Waals surface area contributed by atoms with Crippen molar-refractivity contribution in [3.05, 3.63) is 10.0 Å². The average molecular weight is 283 g/mol. The molecule has 4 nitrogen and oxygen atoms in total. The molecule has 2 rings (SSSR count). The van der Waals surface area contributed by atoms with Gasteiger partial charge in [0.25, 0.3) is 0 Å². The van der Waals surface area contributed by atoms with Crippen molar-refractivity contribution < 1.29 is 4.74 Å². The highest BCUT2D eigenvalue weighted by Crippen LogP contribution is 2.31. The van der Waals surface area contributed by atoms with Crippen molar-refractivity contribution in [1.82, 2.24) is 15.5 Å². The van der Waals surface area contributed by atoms with Crippen LogP contribution in [0.4, 0.5) is 0 Å². The van der Waals surface area contributed by atoms with Crippen LogP contribution >= 0.6 is 11.3 Å². The molecule has 108 valence electrons. The molecule has 0 aromatic carbocycles. The van der Waals surface area contributed by atoms with E-state index in [9.17, 15) is 0 Å². The Kier molecular flexibility index (Phi) is 5.73. The summed E-state index contributed by atoms with van der Waals surface area (Å²) in [4.78, 5) is 0. The number of aryl methyl sites for hydroxylation is 1. The average Bonchev–Trinajstić information content (AvgIpc) is 2.97. The minimum absolute atomic E-state index is 0.373. The van der Waals surface area contributed by atoms with Crippen molar-refractivity contribution >= 4 is 11.3 Å². The van der Waals surface area contributed by atoms with Gasteiger partial charge in [0, 0.05) is 12.3 Å². The van der Waals surface area contributed by atoms with Crippen LogP contribution in [0.3, 0.4) is 0 Å². The summed E-state index contributed by atoms with van der Waals surface area (Å²) in [5.74, 6) is 1.19. The van der Waals surface area contributed by atoms with E-state index in [0.29, 0.717) is 12.0 Å². The first-order valence-electron chi connectivity index (χ1n) is 7.29. The van der Waals surface area contributed by atoms with Gasteiger partial charge in [0.15, 0.2) is 0 Å². The minimum Gasteiger partial charge on any atom is -0.378 e. The number of hydrogen-bond acceptors (Lipinski definition) is 5. The smallest absolute Gasteiger partial charge is 0.122 e. The van der Waals surface area contributed by atoms with Crippen LogP contribution in [0.1, 0.15) is 49.5 Å². The van der Waals surface area contributed by atoms with Crippen molar-refractivity contribution in [2.45, 2.75) is 52.1 Å². The van der Waals surface area contributed by atoms with Gasteiger partial charge in [0.05, 0.1) is 12.7 Å². The summed E-state index contributed by atoms with van der Waals surface area (Å²) in [7, 11) is 0. The van der Waals surface area contributed by atoms with Crippen molar-refractivity contribution in [3.63, 3.8) is 0 Å². The second-order valence-corrected chi connectivity index (χ2v) is 6.91. The van der Waals surface area contributed by atoms with Crippen LogP contribution in [0, 0.1) is 5.92 Å². The molecule has 0 spiro atoms. The quantitative estimate of drug-likeness (QED) is 0.781. The summed E-state index contributed by atoms with van der Waals surface area (Å²) in [5.41, 5.74) is 0. The summed E-state index contributed by atoms with van der Waals surface area (Å²) >= 11 is 1.77. The number of rotatable bonds is 7. The van der Waals surface area contributed by atoms with E-state index in [-0.39, 0.29) is 0 Å². The summed E-state index contributed by atoms with van der Waals surface area (Å²) in [6, 6.07) is 0. The van der Waals surface area contributed by atoms with Crippen LogP contribution in [0.2, 0.25) is 0 Å². The second kappa shape index (κ2) is 7.31. The predicted molar refractivity (Wildman–Crippen MR) is 78.7 cm³/mol. The van der Waals surface area contributed by atoms with Crippen LogP contribution in [-0.4, -0.2) is 36.0 Å². The lowest BCUT2D eigenvalue weighted by Crippen LogP contribution is -2.21. The standard InChI is InChI=1S/C14H25N3OS/c1-10(2)8-15-6-4-5-13-16-17-14(19-13)12-7-11(3)18-9-12/h10-12,15H,4-9H2,1-3H3. The fourth-order valence-corrected chi connectivity index (χ4v) is 3.26. The molecule has 0 saturated carbocycles. The molecule has 0 radical (unpaired) electrons. The number of ether oxygens (including phenoxy) is 1. The lowest BCUT2D eigenvalue weighted by Gasteiger charge is -2.05. The molecule has 2 unspecified atom stereocenters.